The summed E-state index contributed by atoms with van der Waals surface area (Å²) in [5.41, 5.74) is -0.657. The fourth-order valence-electron chi connectivity index (χ4n) is 3.07. The van der Waals surface area contributed by atoms with Gasteiger partial charge in [-0.25, -0.2) is 9.59 Å². The Morgan fingerprint density at radius 3 is 2.06 bits per heavy atom. The lowest BCUT2D eigenvalue weighted by Crippen LogP contribution is -2.26. The number of esters is 2. The molecule has 1 aromatic carbocycles. The molecule has 1 unspecified atom stereocenters. The predicted octanol–water partition coefficient (Wildman–Crippen LogP) is 3.55. The lowest BCUT2D eigenvalue weighted by molar-refractivity contribution is -0.141. The van der Waals surface area contributed by atoms with Crippen LogP contribution in [0.2, 0.25) is 0 Å². The average molecular weight is 439 g/mol. The highest BCUT2D eigenvalue weighted by Gasteiger charge is 2.39. The quantitative estimate of drug-likeness (QED) is 0.691. The minimum Gasteiger partial charge on any atom is -0.465 e. The number of rotatable bonds is 6. The smallest absolute Gasteiger partial charge is 0.435 e. The van der Waals surface area contributed by atoms with E-state index in [1.54, 1.807) is 0 Å². The zero-order chi connectivity index (χ0) is 22.9. The third-order valence-electron chi connectivity index (χ3n) is 4.84. The number of amides is 1. The summed E-state index contributed by atoms with van der Waals surface area (Å²) in [6, 6.07) is 3.71. The Morgan fingerprint density at radius 1 is 1.06 bits per heavy atom. The van der Waals surface area contributed by atoms with Crippen LogP contribution < -0.4 is 5.32 Å². The van der Waals surface area contributed by atoms with Crippen LogP contribution in [0.15, 0.2) is 24.3 Å². The normalized spacial score (nSPS) is 14.6. The number of anilines is 1. The number of carbonyl (C=O) groups is 3. The van der Waals surface area contributed by atoms with Gasteiger partial charge in [-0.2, -0.15) is 18.3 Å². The van der Waals surface area contributed by atoms with E-state index in [1.165, 1.54) is 25.1 Å². The molecule has 1 fully saturated rings. The van der Waals surface area contributed by atoms with E-state index >= 15 is 0 Å². The molecular formula is C20H20F3N3O5. The summed E-state index contributed by atoms with van der Waals surface area (Å²) in [6.07, 6.45) is -3.18. The molecule has 1 aliphatic rings. The number of ether oxygens (including phenoxy) is 2. The van der Waals surface area contributed by atoms with Crippen molar-refractivity contribution in [1.29, 1.82) is 0 Å². The minimum absolute atomic E-state index is 0.00882. The Kier molecular flexibility index (Phi) is 6.05. The van der Waals surface area contributed by atoms with E-state index in [1.807, 2.05) is 0 Å². The summed E-state index contributed by atoms with van der Waals surface area (Å²) >= 11 is 0. The van der Waals surface area contributed by atoms with Gasteiger partial charge in [0.15, 0.2) is 5.69 Å². The van der Waals surface area contributed by atoms with Crippen molar-refractivity contribution in [3.63, 3.8) is 0 Å². The summed E-state index contributed by atoms with van der Waals surface area (Å²) in [4.78, 5) is 36.6. The molecule has 0 bridgehead atoms. The van der Waals surface area contributed by atoms with Gasteiger partial charge in [0.2, 0.25) is 5.91 Å². The van der Waals surface area contributed by atoms with Crippen molar-refractivity contribution in [2.75, 3.05) is 19.5 Å². The van der Waals surface area contributed by atoms with E-state index in [-0.39, 0.29) is 22.7 Å². The molecule has 1 atom stereocenters. The van der Waals surface area contributed by atoms with Crippen LogP contribution in [0.5, 0.6) is 0 Å². The van der Waals surface area contributed by atoms with Crippen molar-refractivity contribution < 1.29 is 37.0 Å². The van der Waals surface area contributed by atoms with Crippen LogP contribution in [0.3, 0.4) is 0 Å². The molecule has 11 heteroatoms. The van der Waals surface area contributed by atoms with Gasteiger partial charge in [-0.05, 0) is 44.0 Å². The molecule has 1 saturated carbocycles. The van der Waals surface area contributed by atoms with E-state index in [4.69, 9.17) is 0 Å². The van der Waals surface area contributed by atoms with Gasteiger partial charge in [0.05, 0.1) is 25.3 Å². The zero-order valence-corrected chi connectivity index (χ0v) is 16.9. The number of alkyl halides is 3. The van der Waals surface area contributed by atoms with E-state index in [2.05, 4.69) is 19.9 Å². The first kappa shape index (κ1) is 22.3. The van der Waals surface area contributed by atoms with Crippen molar-refractivity contribution in [3.8, 4) is 0 Å². The predicted molar refractivity (Wildman–Crippen MR) is 102 cm³/mol. The Hall–Kier alpha value is -3.37. The van der Waals surface area contributed by atoms with E-state index in [9.17, 15) is 27.6 Å². The number of aromatic nitrogens is 2. The van der Waals surface area contributed by atoms with Crippen LogP contribution in [0, 0.1) is 0 Å². The van der Waals surface area contributed by atoms with Gasteiger partial charge in [0.25, 0.3) is 0 Å². The summed E-state index contributed by atoms with van der Waals surface area (Å²) in [6.45, 7) is 1.42. The molecule has 1 amide bonds. The maximum Gasteiger partial charge on any atom is 0.435 e. The van der Waals surface area contributed by atoms with Gasteiger partial charge in [-0.15, -0.1) is 0 Å². The number of benzene rings is 1. The molecule has 0 radical (unpaired) electrons. The fraction of sp³-hybridized carbons (Fsp3) is 0.400. The monoisotopic (exact) mass is 439 g/mol. The molecular weight excluding hydrogens is 419 g/mol. The zero-order valence-electron chi connectivity index (χ0n) is 16.9. The van der Waals surface area contributed by atoms with Crippen LogP contribution in [0.1, 0.15) is 63.8 Å². The number of halogens is 3. The number of carbonyl (C=O) groups excluding carboxylic acids is 3. The van der Waals surface area contributed by atoms with Gasteiger partial charge in [-0.3, -0.25) is 9.48 Å². The number of methoxy groups -OCH3 is 2. The number of hydrogen-bond acceptors (Lipinski definition) is 6. The molecule has 0 saturated heterocycles. The van der Waals surface area contributed by atoms with Gasteiger partial charge < -0.3 is 14.8 Å². The van der Waals surface area contributed by atoms with Crippen molar-refractivity contribution in [1.82, 2.24) is 9.78 Å². The molecule has 8 nitrogen and oxygen atoms in total. The number of hydrogen-bond donors (Lipinski definition) is 1. The highest BCUT2D eigenvalue weighted by atomic mass is 19.4. The summed E-state index contributed by atoms with van der Waals surface area (Å²) in [5, 5.41) is 6.12. The topological polar surface area (TPSA) is 99.5 Å². The average Bonchev–Trinajstić information content (AvgIpc) is 3.48. The SMILES string of the molecule is COC(=O)c1cc(NC(=O)C(C)n2nc(C(F)(F)F)cc2C2CC2)cc(C(=O)OC)c1. The maximum absolute atomic E-state index is 13.1. The van der Waals surface area contributed by atoms with Crippen LogP contribution in [-0.4, -0.2) is 41.8 Å². The fourth-order valence-corrected chi connectivity index (χ4v) is 3.07. The standard InChI is InChI=1S/C20H20F3N3O5/c1-10(26-15(11-4-5-11)9-16(25-26)20(21,22)23)17(27)24-14-7-12(18(28)30-2)6-13(8-14)19(29)31-3/h6-11H,4-5H2,1-3H3,(H,24,27). The van der Waals surface area contributed by atoms with E-state index in [0.29, 0.717) is 5.69 Å². The molecule has 1 heterocycles. The first-order chi connectivity index (χ1) is 14.5. The van der Waals surface area contributed by atoms with Crippen LogP contribution in [-0.2, 0) is 20.4 Å². The number of nitrogens with one attached hydrogen (secondary N) is 1. The second-order valence-electron chi connectivity index (χ2n) is 7.12. The highest BCUT2D eigenvalue weighted by molar-refractivity contribution is 6.00. The van der Waals surface area contributed by atoms with Crippen molar-refractivity contribution in [2.45, 2.75) is 37.9 Å². The Balaban J connectivity index is 1.90. The molecule has 1 N–H and O–H groups in total. The summed E-state index contributed by atoms with van der Waals surface area (Å²) in [7, 11) is 2.31. The van der Waals surface area contributed by atoms with Crippen molar-refractivity contribution >= 4 is 23.5 Å². The van der Waals surface area contributed by atoms with Gasteiger partial charge in [0, 0.05) is 17.3 Å². The molecule has 1 aromatic heterocycles. The third kappa shape index (κ3) is 4.86. The van der Waals surface area contributed by atoms with Crippen LogP contribution >= 0.6 is 0 Å². The molecule has 2 aromatic rings. The third-order valence-corrected chi connectivity index (χ3v) is 4.84. The van der Waals surface area contributed by atoms with Crippen molar-refractivity contribution in [2.24, 2.45) is 0 Å². The number of nitrogens with zero attached hydrogens (tertiary/aromatic N) is 2. The maximum atomic E-state index is 13.1. The van der Waals surface area contributed by atoms with Gasteiger partial charge in [-0.1, -0.05) is 0 Å². The Labute approximate surface area is 175 Å². The minimum atomic E-state index is -4.63. The molecule has 166 valence electrons. The second kappa shape index (κ2) is 8.40. The summed E-state index contributed by atoms with van der Waals surface area (Å²) in [5.74, 6) is -2.23. The highest BCUT2D eigenvalue weighted by Crippen LogP contribution is 2.43. The van der Waals surface area contributed by atoms with E-state index in [0.717, 1.165) is 37.8 Å². The first-order valence-corrected chi connectivity index (χ1v) is 9.34. The van der Waals surface area contributed by atoms with Crippen LogP contribution in [0.4, 0.5) is 18.9 Å². The van der Waals surface area contributed by atoms with Gasteiger partial charge in [0.1, 0.15) is 6.04 Å². The van der Waals surface area contributed by atoms with Crippen molar-refractivity contribution in [3.05, 3.63) is 46.8 Å². The molecule has 0 spiro atoms. The molecule has 0 aliphatic heterocycles. The molecule has 31 heavy (non-hydrogen) atoms. The summed E-state index contributed by atoms with van der Waals surface area (Å²) < 4.78 is 49.7. The lowest BCUT2D eigenvalue weighted by Gasteiger charge is -2.16. The Morgan fingerprint density at radius 2 is 1.61 bits per heavy atom. The second-order valence-corrected chi connectivity index (χ2v) is 7.12. The lowest BCUT2D eigenvalue weighted by atomic mass is 10.1. The largest absolute Gasteiger partial charge is 0.465 e. The first-order valence-electron chi connectivity index (χ1n) is 9.34. The van der Waals surface area contributed by atoms with E-state index < -0.39 is 35.8 Å². The van der Waals surface area contributed by atoms with Crippen LogP contribution in [0.25, 0.3) is 0 Å². The van der Waals surface area contributed by atoms with Gasteiger partial charge >= 0.3 is 18.1 Å². The molecule has 1 aliphatic carbocycles. The molecule has 3 rings (SSSR count). The Bertz CT molecular complexity index is 993.